The van der Waals surface area contributed by atoms with Gasteiger partial charge in [0.15, 0.2) is 0 Å². The van der Waals surface area contributed by atoms with Gasteiger partial charge in [0.05, 0.1) is 0 Å². The molecule has 2 N–H and O–H groups in total. The Hall–Kier alpha value is -2.09. The van der Waals surface area contributed by atoms with Gasteiger partial charge in [0.2, 0.25) is 5.91 Å². The van der Waals surface area contributed by atoms with E-state index in [1.54, 1.807) is 0 Å². The van der Waals surface area contributed by atoms with Crippen molar-refractivity contribution in [1.82, 2.24) is 15.5 Å². The molecular formula is C22H32F3N3O2. The second-order valence-corrected chi connectivity index (χ2v) is 8.75. The van der Waals surface area contributed by atoms with Gasteiger partial charge in [0.1, 0.15) is 5.41 Å². The van der Waals surface area contributed by atoms with Crippen LogP contribution in [0.15, 0.2) is 18.2 Å². The first-order chi connectivity index (χ1) is 13.9. The molecule has 0 radical (unpaired) electrons. The number of nitrogens with one attached hydrogen (secondary N) is 2. The van der Waals surface area contributed by atoms with E-state index in [2.05, 4.69) is 15.5 Å². The lowest BCUT2D eigenvalue weighted by atomic mass is 9.91. The summed E-state index contributed by atoms with van der Waals surface area (Å²) in [5.41, 5.74) is 0.384. The Morgan fingerprint density at radius 1 is 1.03 bits per heavy atom. The minimum Gasteiger partial charge on any atom is -0.354 e. The van der Waals surface area contributed by atoms with Crippen LogP contribution in [0.5, 0.6) is 0 Å². The molecule has 168 valence electrons. The highest BCUT2D eigenvalue weighted by Crippen LogP contribution is 2.37. The molecule has 1 fully saturated rings. The standard InChI is InChI=1S/C22H32F3N3O2/c1-15-11-16(2)13-18(12-15)19(29)27-14-17-5-8-28(9-6-17)10-7-26-20(30)21(3,4)22(23,24)25/h11-13,17H,5-10,14H2,1-4H3,(H,26,30)(H,27,29). The third kappa shape index (κ3) is 6.45. The molecule has 0 spiro atoms. The number of halogens is 3. The number of carbonyl (C=O) groups is 2. The first-order valence-electron chi connectivity index (χ1n) is 10.3. The number of likely N-dealkylation sites (tertiary alicyclic amines) is 1. The normalized spacial score (nSPS) is 16.4. The first-order valence-corrected chi connectivity index (χ1v) is 10.3. The van der Waals surface area contributed by atoms with E-state index >= 15 is 0 Å². The maximum absolute atomic E-state index is 12.9. The van der Waals surface area contributed by atoms with Gasteiger partial charge in [-0.15, -0.1) is 0 Å². The van der Waals surface area contributed by atoms with E-state index in [1.165, 1.54) is 0 Å². The molecule has 1 aliphatic heterocycles. The second-order valence-electron chi connectivity index (χ2n) is 8.75. The predicted molar refractivity (Wildman–Crippen MR) is 110 cm³/mol. The van der Waals surface area contributed by atoms with Crippen molar-refractivity contribution in [3.8, 4) is 0 Å². The summed E-state index contributed by atoms with van der Waals surface area (Å²) in [5, 5.41) is 5.40. The number of nitrogens with zero attached hydrogens (tertiary/aromatic N) is 1. The number of piperidine rings is 1. The highest BCUT2D eigenvalue weighted by molar-refractivity contribution is 5.94. The Morgan fingerprint density at radius 2 is 1.60 bits per heavy atom. The fourth-order valence-electron chi connectivity index (χ4n) is 3.54. The van der Waals surface area contributed by atoms with Gasteiger partial charge in [-0.1, -0.05) is 17.2 Å². The summed E-state index contributed by atoms with van der Waals surface area (Å²) >= 11 is 0. The quantitative estimate of drug-likeness (QED) is 0.701. The smallest absolute Gasteiger partial charge is 0.354 e. The number of rotatable bonds is 7. The number of hydrogen-bond acceptors (Lipinski definition) is 3. The molecule has 0 saturated carbocycles. The van der Waals surface area contributed by atoms with Crippen LogP contribution in [0.4, 0.5) is 13.2 Å². The van der Waals surface area contributed by atoms with Gasteiger partial charge >= 0.3 is 6.18 Å². The lowest BCUT2D eigenvalue weighted by molar-refractivity contribution is -0.211. The third-order valence-corrected chi connectivity index (χ3v) is 5.73. The SMILES string of the molecule is Cc1cc(C)cc(C(=O)NCC2CCN(CCNC(=O)C(C)(C)C(F)(F)F)CC2)c1. The van der Waals surface area contributed by atoms with Gasteiger partial charge in [-0.3, -0.25) is 9.59 Å². The lowest BCUT2D eigenvalue weighted by Crippen LogP contribution is -2.49. The van der Waals surface area contributed by atoms with Crippen molar-refractivity contribution < 1.29 is 22.8 Å². The van der Waals surface area contributed by atoms with Crippen LogP contribution < -0.4 is 10.6 Å². The molecule has 0 aromatic heterocycles. The summed E-state index contributed by atoms with van der Waals surface area (Å²) in [6.07, 6.45) is -2.78. The molecule has 5 nitrogen and oxygen atoms in total. The number of hydrogen-bond donors (Lipinski definition) is 2. The van der Waals surface area contributed by atoms with Crippen LogP contribution in [0.25, 0.3) is 0 Å². The molecule has 30 heavy (non-hydrogen) atoms. The Bertz CT molecular complexity index is 734. The molecule has 2 rings (SSSR count). The van der Waals surface area contributed by atoms with Crippen molar-refractivity contribution >= 4 is 11.8 Å². The summed E-state index contributed by atoms with van der Waals surface area (Å²) < 4.78 is 38.7. The summed E-state index contributed by atoms with van der Waals surface area (Å²) in [7, 11) is 0. The number of amides is 2. The third-order valence-electron chi connectivity index (χ3n) is 5.73. The van der Waals surface area contributed by atoms with Gasteiger partial charge in [0.25, 0.3) is 5.91 Å². The van der Waals surface area contributed by atoms with Crippen LogP contribution in [0, 0.1) is 25.2 Å². The second kappa shape index (κ2) is 9.81. The van der Waals surface area contributed by atoms with Gasteiger partial charge in [-0.05, 0) is 71.7 Å². The van der Waals surface area contributed by atoms with Gasteiger partial charge in [-0.25, -0.2) is 0 Å². The van der Waals surface area contributed by atoms with Crippen LogP contribution in [0.3, 0.4) is 0 Å². The molecule has 1 aromatic rings. The summed E-state index contributed by atoms with van der Waals surface area (Å²) in [5.74, 6) is -0.701. The monoisotopic (exact) mass is 427 g/mol. The number of carbonyl (C=O) groups excluding carboxylic acids is 2. The number of benzene rings is 1. The molecule has 0 unspecified atom stereocenters. The van der Waals surface area contributed by atoms with E-state index in [9.17, 15) is 22.8 Å². The average Bonchev–Trinajstić information content (AvgIpc) is 2.65. The van der Waals surface area contributed by atoms with Crippen LogP contribution in [0.2, 0.25) is 0 Å². The minimum atomic E-state index is -4.57. The zero-order valence-electron chi connectivity index (χ0n) is 18.2. The molecular weight excluding hydrogens is 395 g/mol. The molecule has 0 aliphatic carbocycles. The number of aryl methyl sites for hydroxylation is 2. The Morgan fingerprint density at radius 3 is 2.13 bits per heavy atom. The molecule has 8 heteroatoms. The van der Waals surface area contributed by atoms with E-state index < -0.39 is 17.5 Å². The maximum atomic E-state index is 12.9. The van der Waals surface area contributed by atoms with Gasteiger partial charge in [0, 0.05) is 25.2 Å². The average molecular weight is 428 g/mol. The van der Waals surface area contributed by atoms with E-state index in [4.69, 9.17) is 0 Å². The topological polar surface area (TPSA) is 61.4 Å². The van der Waals surface area contributed by atoms with Gasteiger partial charge < -0.3 is 15.5 Å². The Labute approximate surface area is 176 Å². The lowest BCUT2D eigenvalue weighted by Gasteiger charge is -2.32. The maximum Gasteiger partial charge on any atom is 0.402 e. The Balaban J connectivity index is 1.69. The van der Waals surface area contributed by atoms with E-state index in [0.717, 1.165) is 50.9 Å². The van der Waals surface area contributed by atoms with Crippen LogP contribution in [0.1, 0.15) is 48.2 Å². The fraction of sp³-hybridized carbons (Fsp3) is 0.636. The zero-order valence-corrected chi connectivity index (χ0v) is 18.2. The van der Waals surface area contributed by atoms with E-state index in [1.807, 2.05) is 32.0 Å². The summed E-state index contributed by atoms with van der Waals surface area (Å²) in [4.78, 5) is 26.3. The van der Waals surface area contributed by atoms with Crippen molar-refractivity contribution in [2.24, 2.45) is 11.3 Å². The first kappa shape index (κ1) is 24.2. The van der Waals surface area contributed by atoms with Crippen LogP contribution in [-0.2, 0) is 4.79 Å². The highest BCUT2D eigenvalue weighted by Gasteiger charge is 2.52. The van der Waals surface area contributed by atoms with E-state index in [0.29, 0.717) is 24.6 Å². The van der Waals surface area contributed by atoms with Crippen LogP contribution in [-0.4, -0.2) is 55.6 Å². The summed E-state index contributed by atoms with van der Waals surface area (Å²) in [6.45, 7) is 8.60. The summed E-state index contributed by atoms with van der Waals surface area (Å²) in [6, 6.07) is 5.78. The fourth-order valence-corrected chi connectivity index (χ4v) is 3.54. The van der Waals surface area contributed by atoms with Crippen molar-refractivity contribution in [2.45, 2.75) is 46.7 Å². The van der Waals surface area contributed by atoms with Crippen molar-refractivity contribution in [3.63, 3.8) is 0 Å². The van der Waals surface area contributed by atoms with Crippen LogP contribution >= 0.6 is 0 Å². The molecule has 0 bridgehead atoms. The zero-order chi connectivity index (χ0) is 22.5. The largest absolute Gasteiger partial charge is 0.402 e. The molecule has 0 atom stereocenters. The molecule has 2 amide bonds. The Kier molecular flexibility index (Phi) is 7.91. The molecule has 1 aromatic carbocycles. The number of alkyl halides is 3. The minimum absolute atomic E-state index is 0.0702. The molecule has 1 aliphatic rings. The highest BCUT2D eigenvalue weighted by atomic mass is 19.4. The van der Waals surface area contributed by atoms with Gasteiger partial charge in [-0.2, -0.15) is 13.2 Å². The van der Waals surface area contributed by atoms with Crippen molar-refractivity contribution in [3.05, 3.63) is 34.9 Å². The molecule has 1 saturated heterocycles. The van der Waals surface area contributed by atoms with Crippen molar-refractivity contribution in [1.29, 1.82) is 0 Å². The molecule has 1 heterocycles. The van der Waals surface area contributed by atoms with E-state index in [-0.39, 0.29) is 12.5 Å². The van der Waals surface area contributed by atoms with Crippen molar-refractivity contribution in [2.75, 3.05) is 32.7 Å². The predicted octanol–water partition coefficient (Wildman–Crippen LogP) is 3.45.